The molecule has 0 aliphatic carbocycles. The maximum Gasteiger partial charge on any atom is 0.255 e. The molecule has 3 rings (SSSR count). The first-order chi connectivity index (χ1) is 10.2. The van der Waals surface area contributed by atoms with Crippen molar-refractivity contribution in [2.75, 3.05) is 0 Å². The molecule has 0 fully saturated rings. The van der Waals surface area contributed by atoms with Gasteiger partial charge < -0.3 is 4.74 Å². The lowest BCUT2D eigenvalue weighted by Crippen LogP contribution is -1.94. The highest BCUT2D eigenvalue weighted by Gasteiger charge is 2.10. The second-order valence-electron chi connectivity index (χ2n) is 4.18. The van der Waals surface area contributed by atoms with Gasteiger partial charge in [0.2, 0.25) is 5.88 Å². The average Bonchev–Trinajstić information content (AvgIpc) is 2.49. The summed E-state index contributed by atoms with van der Waals surface area (Å²) < 4.78 is 18.8. The molecule has 0 atom stereocenters. The maximum absolute atomic E-state index is 13.5. The molecule has 21 heavy (non-hydrogen) atoms. The van der Waals surface area contributed by atoms with E-state index in [0.29, 0.717) is 21.5 Å². The Bertz CT molecular complexity index is 876. The second-order valence-corrected chi connectivity index (χ2v) is 4.61. The summed E-state index contributed by atoms with van der Waals surface area (Å²) in [5, 5.41) is 10.3. The molecule has 0 aliphatic heterocycles. The van der Waals surface area contributed by atoms with Crippen LogP contribution < -0.4 is 4.74 Å². The number of fused-ring (bicyclic) bond motifs is 1. The van der Waals surface area contributed by atoms with Gasteiger partial charge in [-0.2, -0.15) is 9.65 Å². The minimum absolute atomic E-state index is 0.0535. The molecule has 0 saturated heterocycles. The van der Waals surface area contributed by atoms with Crippen molar-refractivity contribution >= 4 is 22.5 Å². The molecule has 0 amide bonds. The molecule has 0 aliphatic rings. The highest BCUT2D eigenvalue weighted by Crippen LogP contribution is 2.27. The van der Waals surface area contributed by atoms with E-state index in [9.17, 15) is 9.65 Å². The predicted octanol–water partition coefficient (Wildman–Crippen LogP) is 4.09. The number of rotatable bonds is 2. The molecule has 4 nitrogen and oxygen atoms in total. The van der Waals surface area contributed by atoms with Gasteiger partial charge in [0.1, 0.15) is 6.07 Å². The van der Waals surface area contributed by atoms with Crippen LogP contribution in [0.25, 0.3) is 10.9 Å². The smallest absolute Gasteiger partial charge is 0.255 e. The van der Waals surface area contributed by atoms with Crippen LogP contribution in [0, 0.1) is 17.3 Å². The van der Waals surface area contributed by atoms with E-state index in [1.54, 1.807) is 24.3 Å². The minimum atomic E-state index is -0.742. The number of benzene rings is 1. The van der Waals surface area contributed by atoms with Gasteiger partial charge in [-0.1, -0.05) is 11.6 Å². The van der Waals surface area contributed by atoms with Gasteiger partial charge in [0, 0.05) is 22.7 Å². The van der Waals surface area contributed by atoms with E-state index in [4.69, 9.17) is 16.3 Å². The highest BCUT2D eigenvalue weighted by atomic mass is 35.5. The second kappa shape index (κ2) is 5.35. The lowest BCUT2D eigenvalue weighted by molar-refractivity contribution is 0.417. The van der Waals surface area contributed by atoms with E-state index >= 15 is 0 Å². The van der Waals surface area contributed by atoms with Gasteiger partial charge in [-0.3, -0.25) is 0 Å². The van der Waals surface area contributed by atoms with E-state index < -0.39 is 5.95 Å². The van der Waals surface area contributed by atoms with Crippen LogP contribution in [0.1, 0.15) is 5.56 Å². The van der Waals surface area contributed by atoms with Crippen molar-refractivity contribution in [2.24, 2.45) is 0 Å². The zero-order chi connectivity index (χ0) is 14.8. The van der Waals surface area contributed by atoms with Crippen LogP contribution in [0.4, 0.5) is 4.39 Å². The van der Waals surface area contributed by atoms with Crippen molar-refractivity contribution in [2.45, 2.75) is 0 Å². The zero-order valence-electron chi connectivity index (χ0n) is 10.5. The van der Waals surface area contributed by atoms with Gasteiger partial charge in [-0.15, -0.1) is 0 Å². The Labute approximate surface area is 124 Å². The van der Waals surface area contributed by atoms with Crippen LogP contribution in [-0.2, 0) is 0 Å². The van der Waals surface area contributed by atoms with Crippen LogP contribution in [0.15, 0.2) is 42.6 Å². The Morgan fingerprint density at radius 1 is 1.24 bits per heavy atom. The zero-order valence-corrected chi connectivity index (χ0v) is 11.3. The molecule has 3 aromatic rings. The Morgan fingerprint density at radius 3 is 2.86 bits per heavy atom. The average molecular weight is 300 g/mol. The number of nitrogens with zero attached hydrogens (tertiary/aromatic N) is 3. The normalized spacial score (nSPS) is 10.3. The predicted molar refractivity (Wildman–Crippen MR) is 75.7 cm³/mol. The molecule has 0 spiro atoms. The standard InChI is InChI=1S/C15H7ClFN3O/c16-10-3-4-12-11(7-10)9(8-18)6-14(20-12)21-13-2-1-5-19-15(13)17/h1-7H. The molecule has 1 aromatic carbocycles. The molecule has 0 N–H and O–H groups in total. The number of halogens is 2. The highest BCUT2D eigenvalue weighted by molar-refractivity contribution is 6.31. The first-order valence-corrected chi connectivity index (χ1v) is 6.34. The van der Waals surface area contributed by atoms with Gasteiger partial charge in [0.15, 0.2) is 5.75 Å². The van der Waals surface area contributed by atoms with Crippen molar-refractivity contribution in [1.29, 1.82) is 5.26 Å². The fourth-order valence-corrected chi connectivity index (χ4v) is 2.05. The van der Waals surface area contributed by atoms with Gasteiger partial charge in [0.25, 0.3) is 5.95 Å². The maximum atomic E-state index is 13.5. The fraction of sp³-hybridized carbons (Fsp3) is 0. The molecule has 0 bridgehead atoms. The lowest BCUT2D eigenvalue weighted by Gasteiger charge is -2.07. The molecular formula is C15H7ClFN3O. The number of nitriles is 1. The molecule has 0 saturated carbocycles. The number of hydrogen-bond acceptors (Lipinski definition) is 4. The molecule has 2 heterocycles. The van der Waals surface area contributed by atoms with E-state index in [2.05, 4.69) is 9.97 Å². The SMILES string of the molecule is N#Cc1cc(Oc2cccnc2F)nc2ccc(Cl)cc12. The Kier molecular flexibility index (Phi) is 3.38. The van der Waals surface area contributed by atoms with E-state index in [-0.39, 0.29) is 11.6 Å². The van der Waals surface area contributed by atoms with E-state index in [0.717, 1.165) is 0 Å². The summed E-state index contributed by atoms with van der Waals surface area (Å²) in [6, 6.07) is 11.4. The Hall–Kier alpha value is -2.71. The van der Waals surface area contributed by atoms with Crippen LogP contribution in [0.2, 0.25) is 5.02 Å². The van der Waals surface area contributed by atoms with Crippen LogP contribution in [-0.4, -0.2) is 9.97 Å². The number of aromatic nitrogens is 2. The van der Waals surface area contributed by atoms with Gasteiger partial charge in [-0.25, -0.2) is 9.97 Å². The third-order valence-corrected chi connectivity index (χ3v) is 3.04. The summed E-state index contributed by atoms with van der Waals surface area (Å²) in [5.41, 5.74) is 0.888. The summed E-state index contributed by atoms with van der Waals surface area (Å²) in [7, 11) is 0. The van der Waals surface area contributed by atoms with Crippen molar-refractivity contribution in [1.82, 2.24) is 9.97 Å². The first-order valence-electron chi connectivity index (χ1n) is 5.96. The van der Waals surface area contributed by atoms with Crippen LogP contribution in [0.5, 0.6) is 11.6 Å². The van der Waals surface area contributed by atoms with Crippen molar-refractivity contribution in [3.05, 3.63) is 59.1 Å². The number of pyridine rings is 2. The van der Waals surface area contributed by atoms with Crippen molar-refractivity contribution in [3.63, 3.8) is 0 Å². The third-order valence-electron chi connectivity index (χ3n) is 2.81. The van der Waals surface area contributed by atoms with E-state index in [1.807, 2.05) is 6.07 Å². The van der Waals surface area contributed by atoms with E-state index in [1.165, 1.54) is 18.3 Å². The molecule has 2 aromatic heterocycles. The summed E-state index contributed by atoms with van der Waals surface area (Å²) in [6.45, 7) is 0. The molecule has 6 heteroatoms. The third kappa shape index (κ3) is 2.62. The summed E-state index contributed by atoms with van der Waals surface area (Å²) in [4.78, 5) is 7.72. The molecular weight excluding hydrogens is 293 g/mol. The monoisotopic (exact) mass is 299 g/mol. The largest absolute Gasteiger partial charge is 0.434 e. The van der Waals surface area contributed by atoms with Crippen molar-refractivity contribution < 1.29 is 9.13 Å². The number of ether oxygens (including phenoxy) is 1. The van der Waals surface area contributed by atoms with Gasteiger partial charge in [-0.05, 0) is 30.3 Å². The molecule has 102 valence electrons. The Balaban J connectivity index is 2.11. The summed E-state index contributed by atoms with van der Waals surface area (Å²) in [5.74, 6) is -0.676. The quantitative estimate of drug-likeness (QED) is 0.669. The first kappa shape index (κ1) is 13.3. The molecule has 0 radical (unpaired) electrons. The topological polar surface area (TPSA) is 58.8 Å². The summed E-state index contributed by atoms with van der Waals surface area (Å²) >= 11 is 5.91. The van der Waals surface area contributed by atoms with Gasteiger partial charge in [0.05, 0.1) is 11.1 Å². The Morgan fingerprint density at radius 2 is 2.10 bits per heavy atom. The minimum Gasteiger partial charge on any atom is -0.434 e. The lowest BCUT2D eigenvalue weighted by atomic mass is 10.1. The summed E-state index contributed by atoms with van der Waals surface area (Å²) in [6.07, 6.45) is 1.32. The van der Waals surface area contributed by atoms with Crippen LogP contribution >= 0.6 is 11.6 Å². The molecule has 0 unspecified atom stereocenters. The fourth-order valence-electron chi connectivity index (χ4n) is 1.88. The van der Waals surface area contributed by atoms with Gasteiger partial charge >= 0.3 is 0 Å². The number of hydrogen-bond donors (Lipinski definition) is 0. The van der Waals surface area contributed by atoms with Crippen LogP contribution in [0.3, 0.4) is 0 Å². The van der Waals surface area contributed by atoms with Crippen molar-refractivity contribution in [3.8, 4) is 17.7 Å².